The van der Waals surface area contributed by atoms with Crippen LogP contribution in [0, 0.1) is 6.92 Å². The Morgan fingerprint density at radius 2 is 1.59 bits per heavy atom. The minimum Gasteiger partial charge on any atom is -0.493 e. The monoisotopic (exact) mass is 382 g/mol. The van der Waals surface area contributed by atoms with E-state index in [0.29, 0.717) is 17.2 Å². The Morgan fingerprint density at radius 1 is 0.852 bits per heavy atom. The van der Waals surface area contributed by atoms with Gasteiger partial charge >= 0.3 is 0 Å². The number of ether oxygens (including phenoxy) is 3. The number of hydrogen-bond acceptors (Lipinski definition) is 6. The number of rotatable bonds is 7. The van der Waals surface area contributed by atoms with Gasteiger partial charge in [-0.15, -0.1) is 10.2 Å². The van der Waals surface area contributed by atoms with E-state index in [1.807, 2.05) is 24.3 Å². The number of nitrogens with zero attached hydrogens (tertiary/aromatic N) is 2. The predicted molar refractivity (Wildman–Crippen MR) is 108 cm³/mol. The molecule has 0 atom stereocenters. The summed E-state index contributed by atoms with van der Waals surface area (Å²) in [6, 6.07) is 16.1. The molecule has 0 radical (unpaired) electrons. The third-order valence-corrected chi connectivity index (χ3v) is 5.06. The smallest absolute Gasteiger partial charge is 0.203 e. The Kier molecular flexibility index (Phi) is 6.19. The van der Waals surface area contributed by atoms with Crippen LogP contribution in [0.4, 0.5) is 0 Å². The van der Waals surface area contributed by atoms with Gasteiger partial charge in [-0.1, -0.05) is 41.6 Å². The number of methoxy groups -OCH3 is 3. The van der Waals surface area contributed by atoms with Crippen molar-refractivity contribution in [1.29, 1.82) is 0 Å². The normalized spacial score (nSPS) is 10.5. The zero-order valence-corrected chi connectivity index (χ0v) is 16.7. The van der Waals surface area contributed by atoms with Crippen LogP contribution in [0.3, 0.4) is 0 Å². The van der Waals surface area contributed by atoms with E-state index in [1.54, 1.807) is 33.1 Å². The fourth-order valence-corrected chi connectivity index (χ4v) is 3.50. The minimum atomic E-state index is 0.557. The Morgan fingerprint density at radius 3 is 2.15 bits per heavy atom. The Labute approximate surface area is 163 Å². The largest absolute Gasteiger partial charge is 0.493 e. The highest BCUT2D eigenvalue weighted by molar-refractivity contribution is 7.98. The van der Waals surface area contributed by atoms with Gasteiger partial charge in [0.15, 0.2) is 11.5 Å². The van der Waals surface area contributed by atoms with E-state index in [1.165, 1.54) is 11.1 Å². The summed E-state index contributed by atoms with van der Waals surface area (Å²) in [6.07, 6.45) is 0. The molecule has 0 fully saturated rings. The van der Waals surface area contributed by atoms with E-state index in [-0.39, 0.29) is 0 Å². The summed E-state index contributed by atoms with van der Waals surface area (Å²) in [5, 5.41) is 9.59. The molecule has 0 spiro atoms. The Hall–Kier alpha value is -2.73. The van der Waals surface area contributed by atoms with E-state index in [9.17, 15) is 0 Å². The maximum absolute atomic E-state index is 5.40. The van der Waals surface area contributed by atoms with Crippen molar-refractivity contribution in [2.45, 2.75) is 17.7 Å². The quantitative estimate of drug-likeness (QED) is 0.549. The average Bonchev–Trinajstić information content (AvgIpc) is 2.71. The number of hydrogen-bond donors (Lipinski definition) is 0. The first-order valence-corrected chi connectivity index (χ1v) is 9.45. The first-order chi connectivity index (χ1) is 13.1. The molecular weight excluding hydrogens is 360 g/mol. The van der Waals surface area contributed by atoms with Crippen LogP contribution in [-0.2, 0) is 5.75 Å². The van der Waals surface area contributed by atoms with Crippen LogP contribution in [-0.4, -0.2) is 31.5 Å². The highest BCUT2D eigenvalue weighted by atomic mass is 32.2. The molecular formula is C21H22N2O3S. The molecule has 1 heterocycles. The zero-order valence-electron chi connectivity index (χ0n) is 15.9. The van der Waals surface area contributed by atoms with Gasteiger partial charge in [0.1, 0.15) is 5.03 Å². The summed E-state index contributed by atoms with van der Waals surface area (Å²) in [7, 11) is 4.77. The second-order valence-electron chi connectivity index (χ2n) is 5.95. The van der Waals surface area contributed by atoms with Gasteiger partial charge in [-0.25, -0.2) is 0 Å². The molecule has 0 aliphatic carbocycles. The molecule has 0 aliphatic heterocycles. The number of thioether (sulfide) groups is 1. The van der Waals surface area contributed by atoms with Gasteiger partial charge in [0.2, 0.25) is 5.75 Å². The molecule has 0 saturated heterocycles. The van der Waals surface area contributed by atoms with E-state index in [4.69, 9.17) is 14.2 Å². The van der Waals surface area contributed by atoms with Crippen molar-refractivity contribution in [3.05, 3.63) is 59.7 Å². The molecule has 3 aromatic rings. The maximum atomic E-state index is 5.40. The molecule has 3 rings (SSSR count). The van der Waals surface area contributed by atoms with Crippen molar-refractivity contribution in [3.63, 3.8) is 0 Å². The fourth-order valence-electron chi connectivity index (χ4n) is 2.74. The van der Waals surface area contributed by atoms with Crippen LogP contribution in [0.1, 0.15) is 11.1 Å². The molecule has 2 aromatic carbocycles. The number of aromatic nitrogens is 2. The standard InChI is InChI=1S/C21H22N2O3S/c1-14-6-5-7-15(10-14)13-27-20-9-8-17(22-23-20)16-11-18(24-2)21(26-4)19(12-16)25-3/h5-12H,13H2,1-4H3. The zero-order chi connectivity index (χ0) is 19.2. The summed E-state index contributed by atoms with van der Waals surface area (Å²) in [6.45, 7) is 2.10. The van der Waals surface area contributed by atoms with Crippen LogP contribution in [0.25, 0.3) is 11.3 Å². The molecule has 0 saturated carbocycles. The molecule has 1 aromatic heterocycles. The first kappa shape index (κ1) is 19.0. The molecule has 140 valence electrons. The van der Waals surface area contributed by atoms with Gasteiger partial charge in [0, 0.05) is 11.3 Å². The van der Waals surface area contributed by atoms with Crippen molar-refractivity contribution in [2.75, 3.05) is 21.3 Å². The van der Waals surface area contributed by atoms with E-state index in [0.717, 1.165) is 22.0 Å². The molecule has 0 N–H and O–H groups in total. The highest BCUT2D eigenvalue weighted by Crippen LogP contribution is 2.40. The molecule has 5 nitrogen and oxygen atoms in total. The van der Waals surface area contributed by atoms with Crippen LogP contribution >= 0.6 is 11.8 Å². The molecule has 0 bridgehead atoms. The van der Waals surface area contributed by atoms with Crippen LogP contribution in [0.2, 0.25) is 0 Å². The predicted octanol–water partition coefficient (Wildman–Crippen LogP) is 4.77. The van der Waals surface area contributed by atoms with Crippen molar-refractivity contribution in [3.8, 4) is 28.5 Å². The topological polar surface area (TPSA) is 53.5 Å². The number of aryl methyl sites for hydroxylation is 1. The van der Waals surface area contributed by atoms with Gasteiger partial charge in [0.05, 0.1) is 27.0 Å². The summed E-state index contributed by atoms with van der Waals surface area (Å²) in [5.74, 6) is 2.60. The lowest BCUT2D eigenvalue weighted by molar-refractivity contribution is 0.324. The van der Waals surface area contributed by atoms with E-state index in [2.05, 4.69) is 41.4 Å². The summed E-state index contributed by atoms with van der Waals surface area (Å²) < 4.78 is 16.2. The molecule has 0 unspecified atom stereocenters. The third kappa shape index (κ3) is 4.52. The van der Waals surface area contributed by atoms with Crippen molar-refractivity contribution < 1.29 is 14.2 Å². The van der Waals surface area contributed by atoms with Gasteiger partial charge in [-0.3, -0.25) is 0 Å². The summed E-state index contributed by atoms with van der Waals surface area (Å²) in [5.41, 5.74) is 4.13. The Balaban J connectivity index is 1.79. The summed E-state index contributed by atoms with van der Waals surface area (Å²) >= 11 is 1.66. The maximum Gasteiger partial charge on any atom is 0.203 e. The lowest BCUT2D eigenvalue weighted by atomic mass is 10.1. The molecule has 6 heteroatoms. The number of benzene rings is 2. The van der Waals surface area contributed by atoms with E-state index < -0.39 is 0 Å². The summed E-state index contributed by atoms with van der Waals surface area (Å²) in [4.78, 5) is 0. The highest BCUT2D eigenvalue weighted by Gasteiger charge is 2.15. The second kappa shape index (κ2) is 8.77. The molecule has 27 heavy (non-hydrogen) atoms. The third-order valence-electron chi connectivity index (χ3n) is 4.07. The van der Waals surface area contributed by atoms with Gasteiger partial charge in [-0.2, -0.15) is 0 Å². The Bertz CT molecular complexity index is 889. The lowest BCUT2D eigenvalue weighted by Crippen LogP contribution is -1.97. The SMILES string of the molecule is COc1cc(-c2ccc(SCc3cccc(C)c3)nn2)cc(OC)c1OC. The van der Waals surface area contributed by atoms with Crippen molar-refractivity contribution >= 4 is 11.8 Å². The second-order valence-corrected chi connectivity index (χ2v) is 6.94. The van der Waals surface area contributed by atoms with Gasteiger partial charge < -0.3 is 14.2 Å². The van der Waals surface area contributed by atoms with Crippen molar-refractivity contribution in [1.82, 2.24) is 10.2 Å². The van der Waals surface area contributed by atoms with Crippen molar-refractivity contribution in [2.24, 2.45) is 0 Å². The minimum absolute atomic E-state index is 0.557. The van der Waals surface area contributed by atoms with Crippen LogP contribution in [0.15, 0.2) is 53.6 Å². The van der Waals surface area contributed by atoms with Gasteiger partial charge in [0.25, 0.3) is 0 Å². The first-order valence-electron chi connectivity index (χ1n) is 8.47. The van der Waals surface area contributed by atoms with Crippen LogP contribution < -0.4 is 14.2 Å². The fraction of sp³-hybridized carbons (Fsp3) is 0.238. The lowest BCUT2D eigenvalue weighted by Gasteiger charge is -2.13. The van der Waals surface area contributed by atoms with Crippen LogP contribution in [0.5, 0.6) is 17.2 Å². The average molecular weight is 382 g/mol. The molecule has 0 amide bonds. The van der Waals surface area contributed by atoms with Gasteiger partial charge in [-0.05, 0) is 36.8 Å². The molecule has 0 aliphatic rings. The van der Waals surface area contributed by atoms with E-state index >= 15 is 0 Å².